The van der Waals surface area contributed by atoms with Crippen LogP contribution < -0.4 is 10.0 Å². The molecule has 0 aliphatic carbocycles. The van der Waals surface area contributed by atoms with Crippen LogP contribution in [-0.4, -0.2) is 32.7 Å². The van der Waals surface area contributed by atoms with Crippen LogP contribution in [0.3, 0.4) is 0 Å². The van der Waals surface area contributed by atoms with E-state index >= 15 is 0 Å². The van der Waals surface area contributed by atoms with Gasteiger partial charge in [0.1, 0.15) is 0 Å². The number of pyridine rings is 1. The predicted molar refractivity (Wildman–Crippen MR) is 63.5 cm³/mol. The van der Waals surface area contributed by atoms with E-state index in [1.165, 1.54) is 7.05 Å². The summed E-state index contributed by atoms with van der Waals surface area (Å²) in [6.07, 6.45) is 1.72. The number of nitrogens with one attached hydrogen (secondary N) is 2. The minimum Gasteiger partial charge on any atom is -0.308 e. The summed E-state index contributed by atoms with van der Waals surface area (Å²) in [5.41, 5.74) is 0.907. The molecular formula is C10H17N3O2S. The summed E-state index contributed by atoms with van der Waals surface area (Å²) in [6, 6.07) is 5.71. The van der Waals surface area contributed by atoms with Crippen molar-refractivity contribution >= 4 is 10.0 Å². The van der Waals surface area contributed by atoms with Crippen molar-refractivity contribution in [2.75, 3.05) is 19.3 Å². The molecule has 1 heterocycles. The number of rotatable bonds is 6. The van der Waals surface area contributed by atoms with Crippen molar-refractivity contribution in [3.8, 4) is 0 Å². The fourth-order valence-corrected chi connectivity index (χ4v) is 1.84. The molecule has 2 N–H and O–H groups in total. The van der Waals surface area contributed by atoms with E-state index in [-0.39, 0.29) is 11.8 Å². The highest BCUT2D eigenvalue weighted by atomic mass is 32.2. The fraction of sp³-hybridized carbons (Fsp3) is 0.500. The van der Waals surface area contributed by atoms with Crippen LogP contribution in [0.5, 0.6) is 0 Å². The Morgan fingerprint density at radius 1 is 1.44 bits per heavy atom. The summed E-state index contributed by atoms with van der Waals surface area (Å²) >= 11 is 0. The van der Waals surface area contributed by atoms with Crippen molar-refractivity contribution in [3.05, 3.63) is 30.1 Å². The van der Waals surface area contributed by atoms with Crippen molar-refractivity contribution in [1.29, 1.82) is 0 Å². The fourth-order valence-electron chi connectivity index (χ4n) is 1.25. The van der Waals surface area contributed by atoms with Gasteiger partial charge in [-0.2, -0.15) is 0 Å². The highest BCUT2D eigenvalue weighted by Crippen LogP contribution is 2.06. The molecule has 1 aromatic heterocycles. The van der Waals surface area contributed by atoms with Gasteiger partial charge in [0, 0.05) is 18.8 Å². The summed E-state index contributed by atoms with van der Waals surface area (Å²) in [4.78, 5) is 4.19. The van der Waals surface area contributed by atoms with Gasteiger partial charge in [0.2, 0.25) is 10.0 Å². The van der Waals surface area contributed by atoms with E-state index in [4.69, 9.17) is 0 Å². The number of hydrogen-bond donors (Lipinski definition) is 2. The second-order valence-electron chi connectivity index (χ2n) is 3.45. The molecule has 0 amide bonds. The van der Waals surface area contributed by atoms with Gasteiger partial charge in [-0.1, -0.05) is 6.07 Å². The van der Waals surface area contributed by atoms with Gasteiger partial charge in [0.25, 0.3) is 0 Å². The van der Waals surface area contributed by atoms with Gasteiger partial charge in [0.15, 0.2) is 0 Å². The first-order valence-electron chi connectivity index (χ1n) is 5.10. The number of nitrogens with zero attached hydrogens (tertiary/aromatic N) is 1. The minimum atomic E-state index is -3.13. The third kappa shape index (κ3) is 4.26. The molecule has 1 unspecified atom stereocenters. The lowest BCUT2D eigenvalue weighted by Crippen LogP contribution is -2.31. The molecule has 16 heavy (non-hydrogen) atoms. The van der Waals surface area contributed by atoms with Crippen LogP contribution in [0, 0.1) is 0 Å². The van der Waals surface area contributed by atoms with Crippen molar-refractivity contribution in [2.24, 2.45) is 0 Å². The van der Waals surface area contributed by atoms with Crippen LogP contribution in [0.25, 0.3) is 0 Å². The Kier molecular flexibility index (Phi) is 4.85. The Labute approximate surface area is 96.3 Å². The maximum Gasteiger partial charge on any atom is 0.212 e. The molecule has 0 saturated carbocycles. The van der Waals surface area contributed by atoms with Gasteiger partial charge in [-0.15, -0.1) is 0 Å². The van der Waals surface area contributed by atoms with E-state index in [1.807, 2.05) is 25.1 Å². The molecule has 0 saturated heterocycles. The predicted octanol–water partition coefficient (Wildman–Crippen LogP) is 0.281. The Hall–Kier alpha value is -0.980. The van der Waals surface area contributed by atoms with Crippen LogP contribution in [0.15, 0.2) is 24.4 Å². The Bertz CT molecular complexity index is 405. The van der Waals surface area contributed by atoms with Crippen molar-refractivity contribution < 1.29 is 8.42 Å². The lowest BCUT2D eigenvalue weighted by atomic mass is 10.2. The van der Waals surface area contributed by atoms with Crippen molar-refractivity contribution in [3.63, 3.8) is 0 Å². The average Bonchev–Trinajstić information content (AvgIpc) is 2.30. The number of hydrogen-bond acceptors (Lipinski definition) is 4. The summed E-state index contributed by atoms with van der Waals surface area (Å²) in [7, 11) is -1.72. The molecule has 0 aromatic carbocycles. The van der Waals surface area contributed by atoms with E-state index in [0.717, 1.165) is 5.69 Å². The molecule has 0 aliphatic rings. The van der Waals surface area contributed by atoms with Crippen LogP contribution in [0.2, 0.25) is 0 Å². The Morgan fingerprint density at radius 3 is 2.75 bits per heavy atom. The topological polar surface area (TPSA) is 71.1 Å². The highest BCUT2D eigenvalue weighted by molar-refractivity contribution is 7.89. The highest BCUT2D eigenvalue weighted by Gasteiger charge is 2.09. The van der Waals surface area contributed by atoms with Gasteiger partial charge < -0.3 is 5.32 Å². The van der Waals surface area contributed by atoms with Crippen LogP contribution in [0.4, 0.5) is 0 Å². The SMILES string of the molecule is CNS(=O)(=O)CCNC(C)c1ccccn1. The summed E-state index contributed by atoms with van der Waals surface area (Å²) in [6.45, 7) is 2.36. The molecule has 0 aliphatic heterocycles. The first-order chi connectivity index (χ1) is 7.55. The first-order valence-corrected chi connectivity index (χ1v) is 6.76. The monoisotopic (exact) mass is 243 g/mol. The smallest absolute Gasteiger partial charge is 0.212 e. The third-order valence-corrected chi connectivity index (χ3v) is 3.63. The maximum atomic E-state index is 11.2. The second-order valence-corrected chi connectivity index (χ2v) is 5.50. The molecule has 90 valence electrons. The average molecular weight is 243 g/mol. The van der Waals surface area contributed by atoms with Crippen LogP contribution in [0.1, 0.15) is 18.7 Å². The molecule has 1 atom stereocenters. The van der Waals surface area contributed by atoms with Crippen LogP contribution in [-0.2, 0) is 10.0 Å². The summed E-state index contributed by atoms with van der Waals surface area (Å²) < 4.78 is 24.6. The van der Waals surface area contributed by atoms with E-state index in [0.29, 0.717) is 6.54 Å². The molecule has 0 spiro atoms. The van der Waals surface area contributed by atoms with Gasteiger partial charge in [0.05, 0.1) is 11.4 Å². The zero-order valence-electron chi connectivity index (χ0n) is 9.47. The Morgan fingerprint density at radius 2 is 2.19 bits per heavy atom. The lowest BCUT2D eigenvalue weighted by Gasteiger charge is -2.12. The van der Waals surface area contributed by atoms with E-state index in [2.05, 4.69) is 15.0 Å². The molecule has 1 aromatic rings. The first kappa shape index (κ1) is 13.1. The van der Waals surface area contributed by atoms with Crippen molar-refractivity contribution in [2.45, 2.75) is 13.0 Å². The quantitative estimate of drug-likeness (QED) is 0.753. The lowest BCUT2D eigenvalue weighted by molar-refractivity contribution is 0.561. The van der Waals surface area contributed by atoms with Crippen molar-refractivity contribution in [1.82, 2.24) is 15.0 Å². The zero-order valence-corrected chi connectivity index (χ0v) is 10.3. The number of aromatic nitrogens is 1. The summed E-state index contributed by atoms with van der Waals surface area (Å²) in [5.74, 6) is 0.0701. The molecule has 6 heteroatoms. The van der Waals surface area contributed by atoms with E-state index < -0.39 is 10.0 Å². The minimum absolute atomic E-state index is 0.0493. The standard InChI is InChI=1S/C10H17N3O2S/c1-9(10-5-3-4-6-13-10)12-7-8-16(14,15)11-2/h3-6,9,11-12H,7-8H2,1-2H3. The maximum absolute atomic E-state index is 11.2. The normalized spacial score (nSPS) is 13.6. The van der Waals surface area contributed by atoms with Gasteiger partial charge in [-0.3, -0.25) is 4.98 Å². The molecular weight excluding hydrogens is 226 g/mol. The summed E-state index contributed by atoms with van der Waals surface area (Å²) in [5, 5.41) is 3.11. The van der Waals surface area contributed by atoms with Gasteiger partial charge in [-0.05, 0) is 26.1 Å². The number of sulfonamides is 1. The molecule has 1 rings (SSSR count). The Balaban J connectivity index is 2.40. The van der Waals surface area contributed by atoms with Gasteiger partial charge in [-0.25, -0.2) is 13.1 Å². The third-order valence-electron chi connectivity index (χ3n) is 2.26. The molecule has 0 fully saturated rings. The second kappa shape index (κ2) is 5.93. The van der Waals surface area contributed by atoms with E-state index in [1.54, 1.807) is 6.20 Å². The molecule has 0 bridgehead atoms. The molecule has 5 nitrogen and oxygen atoms in total. The van der Waals surface area contributed by atoms with E-state index in [9.17, 15) is 8.42 Å². The molecule has 0 radical (unpaired) electrons. The zero-order chi connectivity index (χ0) is 12.0. The van der Waals surface area contributed by atoms with Gasteiger partial charge >= 0.3 is 0 Å². The van der Waals surface area contributed by atoms with Crippen LogP contribution >= 0.6 is 0 Å². The largest absolute Gasteiger partial charge is 0.308 e.